The molecular formula is C20H26N2O3. The van der Waals surface area contributed by atoms with Crippen LogP contribution in [-0.2, 0) is 16.6 Å². The highest BCUT2D eigenvalue weighted by molar-refractivity contribution is 5.78. The third kappa shape index (κ3) is 2.05. The quantitative estimate of drug-likeness (QED) is 0.773. The van der Waals surface area contributed by atoms with Gasteiger partial charge in [-0.2, -0.15) is 0 Å². The van der Waals surface area contributed by atoms with Gasteiger partial charge in [0.1, 0.15) is 5.75 Å². The maximum absolute atomic E-state index is 12.0. The molecule has 0 aromatic heterocycles. The van der Waals surface area contributed by atoms with Gasteiger partial charge in [0.15, 0.2) is 0 Å². The molecule has 4 N–H and O–H groups in total. The lowest BCUT2D eigenvalue weighted by Crippen LogP contribution is -2.69. The van der Waals surface area contributed by atoms with E-state index >= 15 is 0 Å². The average molecular weight is 342 g/mol. The molecule has 0 radical (unpaired) electrons. The monoisotopic (exact) mass is 342 g/mol. The summed E-state index contributed by atoms with van der Waals surface area (Å²) in [4.78, 5) is 14.4. The van der Waals surface area contributed by atoms with E-state index in [4.69, 9.17) is 5.73 Å². The highest BCUT2D eigenvalue weighted by atomic mass is 16.3. The van der Waals surface area contributed by atoms with Gasteiger partial charge in [0.2, 0.25) is 5.91 Å². The smallest absolute Gasteiger partial charge is 0.220 e. The van der Waals surface area contributed by atoms with Gasteiger partial charge in [-0.25, -0.2) is 0 Å². The van der Waals surface area contributed by atoms with Crippen molar-refractivity contribution in [2.75, 3.05) is 13.1 Å². The summed E-state index contributed by atoms with van der Waals surface area (Å²) in [5.74, 6) is 0.405. The number of carbonyl (C=O) groups excluding carboxylic acids is 1. The maximum atomic E-state index is 12.0. The second-order valence-corrected chi connectivity index (χ2v) is 8.76. The molecule has 2 bridgehead atoms. The van der Waals surface area contributed by atoms with Crippen LogP contribution in [0.1, 0.15) is 43.2 Å². The van der Waals surface area contributed by atoms with E-state index in [1.807, 2.05) is 12.1 Å². The van der Waals surface area contributed by atoms with Gasteiger partial charge >= 0.3 is 0 Å². The van der Waals surface area contributed by atoms with Crippen molar-refractivity contribution in [3.8, 4) is 5.75 Å². The lowest BCUT2D eigenvalue weighted by Gasteiger charge is -2.59. The van der Waals surface area contributed by atoms with E-state index in [2.05, 4.69) is 4.90 Å². The molecule has 0 spiro atoms. The van der Waals surface area contributed by atoms with E-state index < -0.39 is 11.0 Å². The van der Waals surface area contributed by atoms with Crippen LogP contribution in [0.4, 0.5) is 0 Å². The third-order valence-corrected chi connectivity index (χ3v) is 7.41. The van der Waals surface area contributed by atoms with E-state index in [1.54, 1.807) is 6.07 Å². The van der Waals surface area contributed by atoms with E-state index in [-0.39, 0.29) is 23.6 Å². The molecule has 4 atom stereocenters. The fourth-order valence-corrected chi connectivity index (χ4v) is 6.03. The number of phenolic OH excluding ortho intramolecular Hbond substituents is 1. The number of piperidine rings is 1. The van der Waals surface area contributed by atoms with Crippen LogP contribution in [-0.4, -0.2) is 45.8 Å². The van der Waals surface area contributed by atoms with Crippen LogP contribution in [0.2, 0.25) is 0 Å². The minimum absolute atomic E-state index is 0.0447. The normalized spacial score (nSPS) is 39.7. The largest absolute Gasteiger partial charge is 0.508 e. The van der Waals surface area contributed by atoms with Crippen molar-refractivity contribution in [3.05, 3.63) is 29.3 Å². The first kappa shape index (κ1) is 15.6. The van der Waals surface area contributed by atoms with Crippen molar-refractivity contribution in [3.63, 3.8) is 0 Å². The summed E-state index contributed by atoms with van der Waals surface area (Å²) in [6.45, 7) is 2.00. The fourth-order valence-electron chi connectivity index (χ4n) is 6.03. The predicted octanol–water partition coefficient (Wildman–Crippen LogP) is 1.30. The Hall–Kier alpha value is -1.59. The number of nitrogens with two attached hydrogens (primary N) is 1. The molecular weight excluding hydrogens is 316 g/mol. The first-order valence-electron chi connectivity index (χ1n) is 9.51. The van der Waals surface area contributed by atoms with Crippen LogP contribution in [0.25, 0.3) is 0 Å². The highest BCUT2D eigenvalue weighted by Gasteiger charge is 2.67. The van der Waals surface area contributed by atoms with Crippen molar-refractivity contribution in [2.45, 2.75) is 55.6 Å². The van der Waals surface area contributed by atoms with E-state index in [0.29, 0.717) is 12.8 Å². The van der Waals surface area contributed by atoms with Crippen molar-refractivity contribution < 1.29 is 15.0 Å². The Labute approximate surface area is 147 Å². The Morgan fingerprint density at radius 1 is 1.32 bits per heavy atom. The molecule has 1 unspecified atom stereocenters. The molecule has 1 aromatic carbocycles. The number of likely N-dealkylation sites (tertiary alicyclic amines) is 1. The SMILES string of the molecule is NC(=O)[C@@H]1CC23CCN(CC4CC4)[C@H](Cc4ccc(O)cc42)[C@]3(O)C1. The molecule has 3 fully saturated rings. The topological polar surface area (TPSA) is 86.8 Å². The summed E-state index contributed by atoms with van der Waals surface area (Å²) >= 11 is 0. The highest BCUT2D eigenvalue weighted by Crippen LogP contribution is 2.61. The van der Waals surface area contributed by atoms with Crippen LogP contribution in [0, 0.1) is 11.8 Å². The van der Waals surface area contributed by atoms with E-state index in [0.717, 1.165) is 37.4 Å². The van der Waals surface area contributed by atoms with Crippen LogP contribution in [0.15, 0.2) is 18.2 Å². The van der Waals surface area contributed by atoms with Gasteiger partial charge in [0.05, 0.1) is 5.60 Å². The number of amides is 1. The summed E-state index contributed by atoms with van der Waals surface area (Å²) < 4.78 is 0. The molecule has 1 heterocycles. The number of nitrogens with zero attached hydrogens (tertiary/aromatic N) is 1. The number of rotatable bonds is 3. The maximum Gasteiger partial charge on any atom is 0.220 e. The number of carbonyl (C=O) groups is 1. The molecule has 5 rings (SSSR count). The molecule has 5 heteroatoms. The molecule has 25 heavy (non-hydrogen) atoms. The number of phenols is 1. The Kier molecular flexibility index (Phi) is 3.12. The van der Waals surface area contributed by atoms with Gasteiger partial charge < -0.3 is 15.9 Å². The van der Waals surface area contributed by atoms with Gasteiger partial charge in [-0.15, -0.1) is 0 Å². The minimum Gasteiger partial charge on any atom is -0.508 e. The van der Waals surface area contributed by atoms with Gasteiger partial charge in [0, 0.05) is 23.9 Å². The van der Waals surface area contributed by atoms with Crippen LogP contribution < -0.4 is 5.73 Å². The zero-order chi connectivity index (χ0) is 17.4. The van der Waals surface area contributed by atoms with Crippen molar-refractivity contribution in [1.82, 2.24) is 4.90 Å². The molecule has 5 nitrogen and oxygen atoms in total. The van der Waals surface area contributed by atoms with Crippen LogP contribution >= 0.6 is 0 Å². The van der Waals surface area contributed by atoms with Crippen molar-refractivity contribution >= 4 is 5.91 Å². The van der Waals surface area contributed by atoms with E-state index in [1.165, 1.54) is 18.4 Å². The number of fused-ring (bicyclic) bond motifs is 1. The molecule has 4 aliphatic rings. The second kappa shape index (κ2) is 4.98. The molecule has 2 saturated carbocycles. The molecule has 1 aromatic rings. The Morgan fingerprint density at radius 3 is 2.84 bits per heavy atom. The number of benzene rings is 1. The van der Waals surface area contributed by atoms with Gasteiger partial charge in [-0.05, 0) is 74.2 Å². The summed E-state index contributed by atoms with van der Waals surface area (Å²) in [6, 6.07) is 5.60. The van der Waals surface area contributed by atoms with Crippen LogP contribution in [0.5, 0.6) is 5.75 Å². The number of hydrogen-bond donors (Lipinski definition) is 3. The molecule has 134 valence electrons. The Morgan fingerprint density at radius 2 is 2.12 bits per heavy atom. The zero-order valence-corrected chi connectivity index (χ0v) is 14.4. The number of aliphatic hydroxyl groups is 1. The summed E-state index contributed by atoms with van der Waals surface area (Å²) in [7, 11) is 0. The molecule has 1 aliphatic heterocycles. The first-order chi connectivity index (χ1) is 11.9. The standard InChI is InChI=1S/C20H26N2O3/c21-18(24)14-9-19-5-6-22(11-12-1-2-12)17(20(19,25)10-14)7-13-3-4-15(23)8-16(13)19/h3-4,8,12,14,17,23,25H,1-2,5-7,9-11H2,(H2,21,24)/t14-,17-,19?,20-/m1/s1. The lowest BCUT2D eigenvalue weighted by molar-refractivity contribution is -0.133. The van der Waals surface area contributed by atoms with Gasteiger partial charge in [-0.1, -0.05) is 6.07 Å². The number of aromatic hydroxyl groups is 1. The molecule has 1 amide bonds. The predicted molar refractivity (Wildman–Crippen MR) is 93.1 cm³/mol. The average Bonchev–Trinajstić information content (AvgIpc) is 3.30. The third-order valence-electron chi connectivity index (χ3n) is 7.41. The molecule has 3 aliphatic carbocycles. The van der Waals surface area contributed by atoms with Crippen molar-refractivity contribution in [2.24, 2.45) is 17.6 Å². The first-order valence-corrected chi connectivity index (χ1v) is 9.51. The molecule has 1 saturated heterocycles. The summed E-state index contributed by atoms with van der Waals surface area (Å²) in [6.07, 6.45) is 5.24. The van der Waals surface area contributed by atoms with Crippen LogP contribution in [0.3, 0.4) is 0 Å². The lowest BCUT2D eigenvalue weighted by atomic mass is 9.56. The van der Waals surface area contributed by atoms with Gasteiger partial charge in [0.25, 0.3) is 0 Å². The summed E-state index contributed by atoms with van der Waals surface area (Å²) in [5.41, 5.74) is 6.52. The minimum atomic E-state index is -0.930. The van der Waals surface area contributed by atoms with Crippen molar-refractivity contribution in [1.29, 1.82) is 0 Å². The zero-order valence-electron chi connectivity index (χ0n) is 14.4. The van der Waals surface area contributed by atoms with Gasteiger partial charge in [-0.3, -0.25) is 9.69 Å². The number of primary amides is 1. The summed E-state index contributed by atoms with van der Waals surface area (Å²) in [5, 5.41) is 22.0. The van der Waals surface area contributed by atoms with E-state index in [9.17, 15) is 15.0 Å². The second-order valence-electron chi connectivity index (χ2n) is 8.76. The number of hydrogen-bond acceptors (Lipinski definition) is 4. The Balaban J connectivity index is 1.64. The fraction of sp³-hybridized carbons (Fsp3) is 0.650. The Bertz CT molecular complexity index is 746.